The quantitative estimate of drug-likeness (QED) is 0.820. The van der Waals surface area contributed by atoms with Gasteiger partial charge in [-0.05, 0) is 39.0 Å². The van der Waals surface area contributed by atoms with Crippen molar-refractivity contribution in [2.24, 2.45) is 11.3 Å². The van der Waals surface area contributed by atoms with Crippen LogP contribution in [-0.2, 0) is 9.59 Å². The SMILES string of the molecule is CCCC(=O)N1CCCC(C(C)(C)C(=O)O)C1. The number of hydrogen-bond acceptors (Lipinski definition) is 2. The van der Waals surface area contributed by atoms with Crippen molar-refractivity contribution in [1.29, 1.82) is 0 Å². The smallest absolute Gasteiger partial charge is 0.309 e. The molecule has 0 spiro atoms. The number of likely N-dealkylation sites (tertiary alicyclic amines) is 1. The molecule has 1 fully saturated rings. The Bertz CT molecular complexity index is 299. The minimum atomic E-state index is -0.771. The summed E-state index contributed by atoms with van der Waals surface area (Å²) in [7, 11) is 0. The Balaban J connectivity index is 2.66. The van der Waals surface area contributed by atoms with E-state index in [1.54, 1.807) is 13.8 Å². The van der Waals surface area contributed by atoms with E-state index < -0.39 is 11.4 Å². The summed E-state index contributed by atoms with van der Waals surface area (Å²) in [6, 6.07) is 0. The van der Waals surface area contributed by atoms with Gasteiger partial charge in [0.1, 0.15) is 0 Å². The van der Waals surface area contributed by atoms with E-state index in [0.29, 0.717) is 13.0 Å². The number of aliphatic carboxylic acids is 1. The van der Waals surface area contributed by atoms with Crippen LogP contribution >= 0.6 is 0 Å². The average molecular weight is 241 g/mol. The van der Waals surface area contributed by atoms with Gasteiger partial charge >= 0.3 is 5.97 Å². The van der Waals surface area contributed by atoms with Crippen LogP contribution in [0.2, 0.25) is 0 Å². The van der Waals surface area contributed by atoms with Crippen LogP contribution in [0.25, 0.3) is 0 Å². The number of carbonyl (C=O) groups is 2. The van der Waals surface area contributed by atoms with Crippen LogP contribution in [0.15, 0.2) is 0 Å². The molecule has 1 heterocycles. The van der Waals surface area contributed by atoms with Gasteiger partial charge in [0.05, 0.1) is 5.41 Å². The van der Waals surface area contributed by atoms with Crippen LogP contribution in [0.4, 0.5) is 0 Å². The van der Waals surface area contributed by atoms with E-state index in [1.165, 1.54) is 0 Å². The van der Waals surface area contributed by atoms with Gasteiger partial charge in [0.2, 0.25) is 5.91 Å². The maximum atomic E-state index is 11.8. The maximum Gasteiger partial charge on any atom is 0.309 e. The van der Waals surface area contributed by atoms with E-state index in [1.807, 2.05) is 11.8 Å². The molecule has 1 atom stereocenters. The zero-order valence-corrected chi connectivity index (χ0v) is 11.0. The van der Waals surface area contributed by atoms with Crippen LogP contribution in [-0.4, -0.2) is 35.0 Å². The Kier molecular flexibility index (Phi) is 4.54. The molecular weight excluding hydrogens is 218 g/mol. The Hall–Kier alpha value is -1.06. The molecule has 1 N–H and O–H groups in total. The first-order valence-electron chi connectivity index (χ1n) is 6.40. The van der Waals surface area contributed by atoms with Gasteiger partial charge in [0.15, 0.2) is 0 Å². The predicted molar refractivity (Wildman–Crippen MR) is 65.6 cm³/mol. The number of hydrogen-bond donors (Lipinski definition) is 1. The lowest BCUT2D eigenvalue weighted by Gasteiger charge is -2.39. The monoisotopic (exact) mass is 241 g/mol. The third kappa shape index (κ3) is 3.20. The number of rotatable bonds is 4. The van der Waals surface area contributed by atoms with Crippen molar-refractivity contribution in [2.75, 3.05) is 13.1 Å². The third-order valence-corrected chi connectivity index (χ3v) is 3.81. The van der Waals surface area contributed by atoms with Crippen molar-refractivity contribution < 1.29 is 14.7 Å². The normalized spacial score (nSPS) is 21.4. The predicted octanol–water partition coefficient (Wildman–Crippen LogP) is 2.14. The zero-order chi connectivity index (χ0) is 13.1. The Morgan fingerprint density at radius 1 is 1.41 bits per heavy atom. The highest BCUT2D eigenvalue weighted by Crippen LogP contribution is 2.34. The summed E-state index contributed by atoms with van der Waals surface area (Å²) in [5.41, 5.74) is -0.745. The molecule has 0 aliphatic carbocycles. The number of amides is 1. The van der Waals surface area contributed by atoms with E-state index in [4.69, 9.17) is 0 Å². The number of piperidine rings is 1. The molecular formula is C13H23NO3. The highest BCUT2D eigenvalue weighted by molar-refractivity contribution is 5.77. The third-order valence-electron chi connectivity index (χ3n) is 3.81. The summed E-state index contributed by atoms with van der Waals surface area (Å²) in [5, 5.41) is 9.22. The lowest BCUT2D eigenvalue weighted by molar-refractivity contribution is -0.153. The van der Waals surface area contributed by atoms with Crippen molar-refractivity contribution in [3.8, 4) is 0 Å². The van der Waals surface area contributed by atoms with Crippen LogP contribution in [0.5, 0.6) is 0 Å². The Morgan fingerprint density at radius 2 is 2.06 bits per heavy atom. The summed E-state index contributed by atoms with van der Waals surface area (Å²) in [5.74, 6) is -0.541. The molecule has 0 radical (unpaired) electrons. The zero-order valence-electron chi connectivity index (χ0n) is 11.0. The number of carbonyl (C=O) groups excluding carboxylic acids is 1. The summed E-state index contributed by atoms with van der Waals surface area (Å²) in [6.07, 6.45) is 3.23. The van der Waals surface area contributed by atoms with Crippen molar-refractivity contribution >= 4 is 11.9 Å². The first-order valence-corrected chi connectivity index (χ1v) is 6.40. The lowest BCUT2D eigenvalue weighted by Crippen LogP contribution is -2.46. The average Bonchev–Trinajstić information content (AvgIpc) is 2.29. The summed E-state index contributed by atoms with van der Waals surface area (Å²) in [4.78, 5) is 24.9. The molecule has 4 nitrogen and oxygen atoms in total. The maximum absolute atomic E-state index is 11.8. The topological polar surface area (TPSA) is 57.6 Å². The molecule has 17 heavy (non-hydrogen) atoms. The standard InChI is InChI=1S/C13H23NO3/c1-4-6-11(15)14-8-5-7-10(9-14)13(2,3)12(16)17/h10H,4-9H2,1-3H3,(H,16,17). The van der Waals surface area contributed by atoms with E-state index >= 15 is 0 Å². The molecule has 0 aromatic rings. The minimum Gasteiger partial charge on any atom is -0.481 e. The van der Waals surface area contributed by atoms with Gasteiger partial charge in [-0.1, -0.05) is 6.92 Å². The molecule has 0 saturated carbocycles. The van der Waals surface area contributed by atoms with Crippen molar-refractivity contribution in [1.82, 2.24) is 4.90 Å². The fraction of sp³-hybridized carbons (Fsp3) is 0.846. The number of nitrogens with zero attached hydrogens (tertiary/aromatic N) is 1. The molecule has 98 valence electrons. The van der Waals surface area contributed by atoms with Crippen molar-refractivity contribution in [3.05, 3.63) is 0 Å². The molecule has 1 aliphatic heterocycles. The van der Waals surface area contributed by atoms with Gasteiger partial charge in [-0.2, -0.15) is 0 Å². The van der Waals surface area contributed by atoms with Gasteiger partial charge in [-0.25, -0.2) is 0 Å². The number of carboxylic acids is 1. The van der Waals surface area contributed by atoms with Gasteiger partial charge < -0.3 is 10.0 Å². The highest BCUT2D eigenvalue weighted by atomic mass is 16.4. The minimum absolute atomic E-state index is 0.0644. The van der Waals surface area contributed by atoms with Crippen LogP contribution < -0.4 is 0 Å². The molecule has 1 aliphatic rings. The van der Waals surface area contributed by atoms with E-state index in [0.717, 1.165) is 25.8 Å². The van der Waals surface area contributed by atoms with Crippen molar-refractivity contribution in [2.45, 2.75) is 46.5 Å². The Labute approximate surface area is 103 Å². The van der Waals surface area contributed by atoms with E-state index in [2.05, 4.69) is 0 Å². The van der Waals surface area contributed by atoms with Crippen molar-refractivity contribution in [3.63, 3.8) is 0 Å². The Morgan fingerprint density at radius 3 is 2.59 bits per heavy atom. The first kappa shape index (κ1) is 14.0. The molecule has 1 unspecified atom stereocenters. The van der Waals surface area contributed by atoms with Gasteiger partial charge in [-0.3, -0.25) is 9.59 Å². The van der Waals surface area contributed by atoms with Gasteiger partial charge in [0.25, 0.3) is 0 Å². The molecule has 0 bridgehead atoms. The number of carboxylic acid groups (broad SMARTS) is 1. The van der Waals surface area contributed by atoms with Crippen LogP contribution in [0.1, 0.15) is 46.5 Å². The fourth-order valence-electron chi connectivity index (χ4n) is 2.34. The highest BCUT2D eigenvalue weighted by Gasteiger charge is 2.39. The summed E-state index contributed by atoms with van der Waals surface area (Å²) < 4.78 is 0. The second-order valence-electron chi connectivity index (χ2n) is 5.46. The molecule has 1 amide bonds. The second-order valence-corrected chi connectivity index (χ2v) is 5.46. The van der Waals surface area contributed by atoms with Gasteiger partial charge in [-0.15, -0.1) is 0 Å². The molecule has 0 aromatic heterocycles. The molecule has 0 aromatic carbocycles. The second kappa shape index (κ2) is 5.52. The first-order chi connectivity index (χ1) is 7.89. The summed E-state index contributed by atoms with van der Waals surface area (Å²) >= 11 is 0. The van der Waals surface area contributed by atoms with E-state index in [9.17, 15) is 14.7 Å². The molecule has 1 rings (SSSR count). The molecule has 4 heteroatoms. The summed E-state index contributed by atoms with van der Waals surface area (Å²) in [6.45, 7) is 6.88. The van der Waals surface area contributed by atoms with Gasteiger partial charge in [0, 0.05) is 19.5 Å². The van der Waals surface area contributed by atoms with Crippen LogP contribution in [0.3, 0.4) is 0 Å². The van der Waals surface area contributed by atoms with Crippen LogP contribution in [0, 0.1) is 11.3 Å². The molecule has 1 saturated heterocycles. The fourth-order valence-corrected chi connectivity index (χ4v) is 2.34. The van der Waals surface area contributed by atoms with E-state index in [-0.39, 0.29) is 11.8 Å². The largest absolute Gasteiger partial charge is 0.481 e. The lowest BCUT2D eigenvalue weighted by atomic mass is 9.74.